The van der Waals surface area contributed by atoms with E-state index >= 15 is 0 Å². The second kappa shape index (κ2) is 73.7. The van der Waals surface area contributed by atoms with Crippen LogP contribution in [0.3, 0.4) is 0 Å². The fourth-order valence-electron chi connectivity index (χ4n) is 9.43. The third-order valence-corrected chi connectivity index (χ3v) is 15.0. The number of carboxylic acids is 1. The van der Waals surface area contributed by atoms with E-state index in [2.05, 4.69) is 220 Å². The zero-order valence-electron chi connectivity index (χ0n) is 60.7. The van der Waals surface area contributed by atoms with E-state index in [1.165, 1.54) is 57.8 Å². The molecule has 0 rings (SSSR count). The van der Waals surface area contributed by atoms with Crippen LogP contribution >= 0.6 is 0 Å². The number of esters is 2. The molecular formula is C86H135NO8. The normalized spacial score (nSPS) is 13.9. The molecule has 0 heterocycles. The van der Waals surface area contributed by atoms with Gasteiger partial charge in [-0.3, -0.25) is 9.59 Å². The number of hydrogen-bond donors (Lipinski definition) is 0. The van der Waals surface area contributed by atoms with Gasteiger partial charge in [-0.2, -0.15) is 0 Å². The van der Waals surface area contributed by atoms with E-state index < -0.39 is 24.3 Å². The van der Waals surface area contributed by atoms with Gasteiger partial charge in [-0.1, -0.05) is 304 Å². The summed E-state index contributed by atoms with van der Waals surface area (Å²) < 4.78 is 22.8. The maximum Gasteiger partial charge on any atom is 0.306 e. The summed E-state index contributed by atoms with van der Waals surface area (Å²) in [5, 5.41) is 11.8. The van der Waals surface area contributed by atoms with Gasteiger partial charge >= 0.3 is 11.9 Å². The molecule has 95 heavy (non-hydrogen) atoms. The highest BCUT2D eigenvalue weighted by Gasteiger charge is 2.22. The molecule has 0 aliphatic heterocycles. The Hall–Kier alpha value is -6.13. The molecule has 9 heteroatoms. The van der Waals surface area contributed by atoms with Crippen molar-refractivity contribution in [3.05, 3.63) is 207 Å². The van der Waals surface area contributed by atoms with Crippen LogP contribution in [0.15, 0.2) is 207 Å². The second-order valence-electron chi connectivity index (χ2n) is 25.1. The van der Waals surface area contributed by atoms with Crippen LogP contribution in [0.5, 0.6) is 0 Å². The molecular weight excluding hydrogens is 1170 g/mol. The number of rotatable bonds is 66. The summed E-state index contributed by atoms with van der Waals surface area (Å²) >= 11 is 0. The zero-order valence-corrected chi connectivity index (χ0v) is 60.7. The molecule has 0 aliphatic rings. The Morgan fingerprint density at radius 3 is 0.842 bits per heavy atom. The van der Waals surface area contributed by atoms with Crippen molar-refractivity contribution >= 4 is 17.9 Å². The summed E-state index contributed by atoms with van der Waals surface area (Å²) in [5.41, 5.74) is 0. The first-order chi connectivity index (χ1) is 46.6. The minimum Gasteiger partial charge on any atom is -0.545 e. The lowest BCUT2D eigenvalue weighted by molar-refractivity contribution is -0.870. The van der Waals surface area contributed by atoms with Crippen LogP contribution in [0, 0.1) is 0 Å². The predicted octanol–water partition coefficient (Wildman–Crippen LogP) is 22.6. The Balaban J connectivity index is 4.19. The lowest BCUT2D eigenvalue weighted by Crippen LogP contribution is -2.44. The average molecular weight is 1310 g/mol. The monoisotopic (exact) mass is 1310 g/mol. The number of carbonyl (C=O) groups excluding carboxylic acids is 3. The number of ether oxygens (including phenoxy) is 4. The van der Waals surface area contributed by atoms with E-state index in [1.807, 2.05) is 21.1 Å². The number of nitrogens with zero attached hydrogens (tertiary/aromatic N) is 1. The smallest absolute Gasteiger partial charge is 0.306 e. The zero-order chi connectivity index (χ0) is 69.0. The van der Waals surface area contributed by atoms with Crippen molar-refractivity contribution in [2.45, 2.75) is 270 Å². The number of hydrogen-bond acceptors (Lipinski definition) is 8. The summed E-state index contributed by atoms with van der Waals surface area (Å²) in [4.78, 5) is 37.6. The number of carboxylic acid groups (broad SMARTS) is 1. The van der Waals surface area contributed by atoms with Crippen LogP contribution in [0.4, 0.5) is 0 Å². The van der Waals surface area contributed by atoms with Crippen molar-refractivity contribution in [1.29, 1.82) is 0 Å². The molecule has 0 saturated heterocycles. The van der Waals surface area contributed by atoms with Gasteiger partial charge in [-0.05, 0) is 148 Å². The van der Waals surface area contributed by atoms with Gasteiger partial charge in [-0.15, -0.1) is 0 Å². The van der Waals surface area contributed by atoms with Gasteiger partial charge in [0.1, 0.15) is 13.2 Å². The Kier molecular flexibility index (Phi) is 68.9. The van der Waals surface area contributed by atoms with Gasteiger partial charge < -0.3 is 33.3 Å². The highest BCUT2D eigenvalue weighted by Crippen LogP contribution is 2.15. The lowest BCUT2D eigenvalue weighted by atomic mass is 10.0. The number of likely N-dealkylation sites (N-methyl/N-ethyl adjacent to an activating group) is 1. The van der Waals surface area contributed by atoms with E-state index in [9.17, 15) is 19.5 Å². The fraction of sp³-hybridized carbons (Fsp3) is 0.570. The quantitative estimate of drug-likeness (QED) is 0.0195. The maximum atomic E-state index is 13.0. The van der Waals surface area contributed by atoms with Crippen LogP contribution < -0.4 is 5.11 Å². The largest absolute Gasteiger partial charge is 0.545 e. The van der Waals surface area contributed by atoms with Gasteiger partial charge in [0.05, 0.1) is 40.3 Å². The standard InChI is InChI=1S/C86H135NO8/c1-6-8-10-12-14-16-18-20-22-24-26-28-30-32-34-36-37-38-39-40-41-42-43-44-45-46-47-49-51-53-55-57-59-61-63-65-67-69-71-73-75-77-84(89)95-82(81-94-86(85(90)91)92-79-78-87(3,4)5)80-93-83(88)76-74-72-70-68-66-64-62-60-58-56-54-52-50-48-35-33-31-29-27-25-23-21-19-17-15-13-11-9-7-2/h8-11,14-17,20-23,26-29,32-35,37-38,40-41,43-44,46-47,50-53,56,58,82,86H,6-7,12-13,18-19,24-25,30-31,36,39,42,45,48-49,54-55,57,59-81H2,1-5H3/b10-8-,11-9-,16-14-,17-15-,22-20-,23-21-,28-26-,29-27-,34-32-,35-33-,38-37-,41-40-,44-43-,47-46-,52-50-,53-51-,58-56-. The molecule has 2 unspecified atom stereocenters. The summed E-state index contributed by atoms with van der Waals surface area (Å²) in [6.45, 7) is 4.48. The van der Waals surface area contributed by atoms with Crippen LogP contribution in [0.1, 0.15) is 258 Å². The predicted molar refractivity (Wildman–Crippen MR) is 407 cm³/mol. The molecule has 0 aromatic heterocycles. The topological polar surface area (TPSA) is 111 Å². The third-order valence-electron chi connectivity index (χ3n) is 15.0. The highest BCUT2D eigenvalue weighted by molar-refractivity contribution is 5.70. The minimum absolute atomic E-state index is 0.134. The van der Waals surface area contributed by atoms with E-state index in [0.29, 0.717) is 23.9 Å². The van der Waals surface area contributed by atoms with Crippen molar-refractivity contribution in [3.63, 3.8) is 0 Å². The van der Waals surface area contributed by atoms with Crippen molar-refractivity contribution in [2.24, 2.45) is 0 Å². The summed E-state index contributed by atoms with van der Waals surface area (Å²) in [6, 6.07) is 0. The Morgan fingerprint density at radius 2 is 0.568 bits per heavy atom. The molecule has 0 fully saturated rings. The van der Waals surface area contributed by atoms with Gasteiger partial charge in [-0.25, -0.2) is 0 Å². The van der Waals surface area contributed by atoms with E-state index in [1.54, 1.807) is 0 Å². The molecule has 0 aromatic carbocycles. The molecule has 532 valence electrons. The SMILES string of the molecule is CC/C=C\C/C=C\C/C=C\C/C=C\C/C=C\C/C=C\C/C=C\C/C=C\C/C=C\C/C=C\CCCCCCCCCCCCC(=O)OC(COC(=O)CCCCCCCCC/C=C\C/C=C\C/C=C\C/C=C\C/C=C\C/C=C\C/C=C\CC)COC(OCC[N+](C)(C)C)C(=O)[O-]. The molecule has 0 aromatic rings. The first-order valence-corrected chi connectivity index (χ1v) is 37.2. The van der Waals surface area contributed by atoms with E-state index in [4.69, 9.17) is 18.9 Å². The van der Waals surface area contributed by atoms with Crippen LogP contribution in [-0.2, 0) is 33.3 Å². The maximum absolute atomic E-state index is 13.0. The van der Waals surface area contributed by atoms with Gasteiger partial charge in [0.15, 0.2) is 12.4 Å². The van der Waals surface area contributed by atoms with Crippen LogP contribution in [0.2, 0.25) is 0 Å². The first-order valence-electron chi connectivity index (χ1n) is 37.2. The Bertz CT molecular complexity index is 2320. The van der Waals surface area contributed by atoms with Crippen molar-refractivity contribution in [3.8, 4) is 0 Å². The molecule has 2 atom stereocenters. The number of aliphatic carboxylic acids is 1. The summed E-state index contributed by atoms with van der Waals surface area (Å²) in [7, 11) is 5.91. The lowest BCUT2D eigenvalue weighted by Gasteiger charge is -2.26. The molecule has 0 amide bonds. The van der Waals surface area contributed by atoms with E-state index in [0.717, 1.165) is 161 Å². The highest BCUT2D eigenvalue weighted by atomic mass is 16.7. The molecule has 9 nitrogen and oxygen atoms in total. The molecule has 0 bridgehead atoms. The fourth-order valence-corrected chi connectivity index (χ4v) is 9.43. The van der Waals surface area contributed by atoms with Crippen molar-refractivity contribution < 1.29 is 42.9 Å². The Labute approximate surface area is 582 Å². The molecule has 0 radical (unpaired) electrons. The average Bonchev–Trinajstić information content (AvgIpc) is 3.54. The summed E-state index contributed by atoms with van der Waals surface area (Å²) in [5.74, 6) is -2.32. The molecule has 0 N–H and O–H groups in total. The Morgan fingerprint density at radius 1 is 0.316 bits per heavy atom. The van der Waals surface area contributed by atoms with Crippen LogP contribution in [0.25, 0.3) is 0 Å². The number of allylic oxidation sites excluding steroid dienone is 34. The molecule has 0 aliphatic carbocycles. The molecule has 0 saturated carbocycles. The number of unbranched alkanes of at least 4 members (excludes halogenated alkanes) is 17. The van der Waals surface area contributed by atoms with E-state index in [-0.39, 0.29) is 38.6 Å². The van der Waals surface area contributed by atoms with Crippen molar-refractivity contribution in [1.82, 2.24) is 0 Å². The molecule has 0 spiro atoms. The first kappa shape index (κ1) is 88.9. The van der Waals surface area contributed by atoms with Gasteiger partial charge in [0, 0.05) is 12.8 Å². The van der Waals surface area contributed by atoms with Gasteiger partial charge in [0.25, 0.3) is 0 Å². The second-order valence-corrected chi connectivity index (χ2v) is 25.1. The van der Waals surface area contributed by atoms with Gasteiger partial charge in [0.2, 0.25) is 0 Å². The van der Waals surface area contributed by atoms with Crippen molar-refractivity contribution in [2.75, 3.05) is 47.5 Å². The summed E-state index contributed by atoms with van der Waals surface area (Å²) in [6.07, 6.45) is 112. The third kappa shape index (κ3) is 75.1. The van der Waals surface area contributed by atoms with Crippen LogP contribution in [-0.4, -0.2) is 82.3 Å². The minimum atomic E-state index is -1.64. The number of quaternary nitrogens is 1. The number of carbonyl (C=O) groups is 3.